The monoisotopic (exact) mass is 515 g/mol. The van der Waals surface area contributed by atoms with Gasteiger partial charge < -0.3 is 19.9 Å². The molecule has 0 bridgehead atoms. The van der Waals surface area contributed by atoms with Gasteiger partial charge in [-0.1, -0.05) is 0 Å². The fourth-order valence-electron chi connectivity index (χ4n) is 5.29. The summed E-state index contributed by atoms with van der Waals surface area (Å²) in [5.41, 5.74) is 10.8. The molecule has 0 saturated carbocycles. The number of pyridine rings is 1. The van der Waals surface area contributed by atoms with E-state index in [-0.39, 0.29) is 18.0 Å². The van der Waals surface area contributed by atoms with E-state index >= 15 is 0 Å². The Labute approximate surface area is 219 Å². The second-order valence-electron chi connectivity index (χ2n) is 11.0. The van der Waals surface area contributed by atoms with Crippen LogP contribution < -0.4 is 5.73 Å². The third-order valence-electron chi connectivity index (χ3n) is 7.10. The third-order valence-corrected chi connectivity index (χ3v) is 7.10. The van der Waals surface area contributed by atoms with E-state index in [1.54, 1.807) is 27.9 Å². The first-order valence-electron chi connectivity index (χ1n) is 12.8. The van der Waals surface area contributed by atoms with E-state index in [9.17, 15) is 9.18 Å². The lowest BCUT2D eigenvalue weighted by Crippen LogP contribution is -2.42. The number of rotatable bonds is 2. The molecule has 5 heterocycles. The molecule has 6 rings (SSSR count). The minimum absolute atomic E-state index is 0.163. The maximum Gasteiger partial charge on any atom is 0.410 e. The summed E-state index contributed by atoms with van der Waals surface area (Å²) in [5.74, 6) is 0.199. The highest BCUT2D eigenvalue weighted by Gasteiger charge is 2.29. The third kappa shape index (κ3) is 4.09. The summed E-state index contributed by atoms with van der Waals surface area (Å²) >= 11 is 0. The number of benzene rings is 1. The lowest BCUT2D eigenvalue weighted by molar-refractivity contribution is 0.0189. The van der Waals surface area contributed by atoms with Crippen molar-refractivity contribution >= 4 is 39.5 Å². The van der Waals surface area contributed by atoms with Crippen molar-refractivity contribution < 1.29 is 13.9 Å². The molecular formula is C28H30FN7O2. The van der Waals surface area contributed by atoms with Crippen LogP contribution in [-0.4, -0.2) is 53.8 Å². The van der Waals surface area contributed by atoms with Gasteiger partial charge in [-0.3, -0.25) is 4.98 Å². The molecule has 10 heteroatoms. The van der Waals surface area contributed by atoms with Crippen LogP contribution in [0.1, 0.15) is 45.2 Å². The Morgan fingerprint density at radius 1 is 1.13 bits per heavy atom. The summed E-state index contributed by atoms with van der Waals surface area (Å²) in [7, 11) is 0. The van der Waals surface area contributed by atoms with E-state index in [2.05, 4.69) is 20.8 Å². The van der Waals surface area contributed by atoms with Crippen LogP contribution in [0.15, 0.2) is 42.9 Å². The van der Waals surface area contributed by atoms with E-state index in [0.29, 0.717) is 35.5 Å². The number of carbonyl (C=O) groups excluding carboxylic acids is 1. The molecule has 1 aliphatic heterocycles. The van der Waals surface area contributed by atoms with Gasteiger partial charge in [-0.2, -0.15) is 9.61 Å². The van der Waals surface area contributed by atoms with Crippen LogP contribution in [0.2, 0.25) is 0 Å². The number of piperidine rings is 1. The number of nitrogen functional groups attached to an aromatic ring is 1. The van der Waals surface area contributed by atoms with Crippen LogP contribution in [0, 0.1) is 12.7 Å². The summed E-state index contributed by atoms with van der Waals surface area (Å²) in [4.78, 5) is 23.9. The van der Waals surface area contributed by atoms with Crippen molar-refractivity contribution in [2.75, 3.05) is 18.8 Å². The zero-order valence-corrected chi connectivity index (χ0v) is 21.9. The average Bonchev–Trinajstić information content (AvgIpc) is 3.44. The van der Waals surface area contributed by atoms with Crippen LogP contribution in [0.3, 0.4) is 0 Å². The minimum atomic E-state index is -0.522. The summed E-state index contributed by atoms with van der Waals surface area (Å²) in [6, 6.07) is 6.58. The molecule has 1 amide bonds. The molecule has 1 fully saturated rings. The van der Waals surface area contributed by atoms with Crippen LogP contribution in [0.5, 0.6) is 0 Å². The smallest absolute Gasteiger partial charge is 0.410 e. The van der Waals surface area contributed by atoms with E-state index in [0.717, 1.165) is 40.6 Å². The SMILES string of the molecule is Cc1cn(C2CCN(C(=O)OC(C)(C)C)CC2)c2nc3c(-c4cnc5ccc(F)cc5c4)cnn3c(N)c12. The number of ether oxygens (including phenoxy) is 1. The average molecular weight is 516 g/mol. The molecule has 0 aliphatic carbocycles. The normalized spacial score (nSPS) is 15.1. The Morgan fingerprint density at radius 2 is 1.89 bits per heavy atom. The van der Waals surface area contributed by atoms with Crippen molar-refractivity contribution in [1.82, 2.24) is 29.0 Å². The van der Waals surface area contributed by atoms with Gasteiger partial charge in [0.2, 0.25) is 0 Å². The van der Waals surface area contributed by atoms with Crippen LogP contribution in [0.4, 0.5) is 15.0 Å². The first kappa shape index (κ1) is 24.1. The molecule has 0 atom stereocenters. The molecule has 0 radical (unpaired) electrons. The number of nitrogens with zero attached hydrogens (tertiary/aromatic N) is 6. The number of halogens is 1. The second-order valence-corrected chi connectivity index (χ2v) is 11.0. The second kappa shape index (κ2) is 8.68. The number of carbonyl (C=O) groups is 1. The zero-order chi connectivity index (χ0) is 26.8. The van der Waals surface area contributed by atoms with Crippen molar-refractivity contribution in [3.8, 4) is 11.1 Å². The molecule has 5 aromatic rings. The standard InChI is InChI=1S/C28H30FN7O2/c1-16-15-35(20-7-9-34(10-8-20)27(37)38-28(2,3)4)26-23(16)24(30)36-25(33-26)21(14-32-36)18-11-17-12-19(29)5-6-22(17)31-13-18/h5-6,11-15,20H,7-10,30H2,1-4H3. The lowest BCUT2D eigenvalue weighted by Gasteiger charge is -2.34. The quantitative estimate of drug-likeness (QED) is 0.333. The highest BCUT2D eigenvalue weighted by Crippen LogP contribution is 2.35. The number of aryl methyl sites for hydroxylation is 1. The van der Waals surface area contributed by atoms with E-state index in [1.165, 1.54) is 12.1 Å². The maximum atomic E-state index is 13.9. The summed E-state index contributed by atoms with van der Waals surface area (Å²) < 4.78 is 23.2. The van der Waals surface area contributed by atoms with Crippen molar-refractivity contribution in [2.24, 2.45) is 0 Å². The van der Waals surface area contributed by atoms with Gasteiger partial charge in [0.1, 0.15) is 22.9 Å². The first-order valence-corrected chi connectivity index (χ1v) is 12.8. The maximum absolute atomic E-state index is 13.9. The summed E-state index contributed by atoms with van der Waals surface area (Å²) in [6.45, 7) is 8.85. The van der Waals surface area contributed by atoms with Crippen LogP contribution in [-0.2, 0) is 4.74 Å². The number of anilines is 1. The van der Waals surface area contributed by atoms with Crippen LogP contribution in [0.25, 0.3) is 38.7 Å². The van der Waals surface area contributed by atoms with E-state index in [1.807, 2.05) is 33.8 Å². The summed E-state index contributed by atoms with van der Waals surface area (Å²) in [6.07, 6.45) is 6.83. The molecule has 9 nitrogen and oxygen atoms in total. The van der Waals surface area contributed by atoms with E-state index < -0.39 is 5.60 Å². The number of likely N-dealkylation sites (tertiary alicyclic amines) is 1. The minimum Gasteiger partial charge on any atom is -0.444 e. The van der Waals surface area contributed by atoms with Gasteiger partial charge in [0.25, 0.3) is 0 Å². The van der Waals surface area contributed by atoms with Gasteiger partial charge in [0, 0.05) is 48.0 Å². The Hall–Kier alpha value is -4.21. The van der Waals surface area contributed by atoms with Gasteiger partial charge in [-0.15, -0.1) is 0 Å². The Kier molecular flexibility index (Phi) is 5.51. The molecule has 2 N–H and O–H groups in total. The van der Waals surface area contributed by atoms with E-state index in [4.69, 9.17) is 15.5 Å². The molecule has 1 aliphatic rings. The topological polar surface area (TPSA) is 104 Å². The Balaban J connectivity index is 1.38. The fraction of sp³-hybridized carbons (Fsp3) is 0.357. The number of hydrogen-bond donors (Lipinski definition) is 1. The Bertz CT molecular complexity index is 1710. The number of hydrogen-bond acceptors (Lipinski definition) is 6. The molecule has 0 spiro atoms. The van der Waals surface area contributed by atoms with Crippen molar-refractivity contribution in [1.29, 1.82) is 0 Å². The fourth-order valence-corrected chi connectivity index (χ4v) is 5.29. The predicted octanol–water partition coefficient (Wildman–Crippen LogP) is 5.50. The molecule has 4 aromatic heterocycles. The highest BCUT2D eigenvalue weighted by molar-refractivity contribution is 5.95. The number of fused-ring (bicyclic) bond motifs is 3. The number of aromatic nitrogens is 5. The predicted molar refractivity (Wildman–Crippen MR) is 144 cm³/mol. The van der Waals surface area contributed by atoms with Crippen molar-refractivity contribution in [3.63, 3.8) is 0 Å². The largest absolute Gasteiger partial charge is 0.444 e. The van der Waals surface area contributed by atoms with Crippen molar-refractivity contribution in [3.05, 3.63) is 54.2 Å². The van der Waals surface area contributed by atoms with Gasteiger partial charge in [-0.05, 0) is 70.4 Å². The molecule has 1 aromatic carbocycles. The molecule has 0 unspecified atom stereocenters. The Morgan fingerprint density at radius 3 is 2.63 bits per heavy atom. The van der Waals surface area contributed by atoms with Crippen molar-refractivity contribution in [2.45, 2.75) is 52.2 Å². The van der Waals surface area contributed by atoms with Crippen LogP contribution >= 0.6 is 0 Å². The van der Waals surface area contributed by atoms with Gasteiger partial charge in [0.05, 0.1) is 17.1 Å². The van der Waals surface area contributed by atoms with Gasteiger partial charge >= 0.3 is 6.09 Å². The molecule has 196 valence electrons. The highest BCUT2D eigenvalue weighted by atomic mass is 19.1. The first-order chi connectivity index (χ1) is 18.1. The number of amides is 1. The lowest BCUT2D eigenvalue weighted by atomic mass is 10.1. The molecule has 1 saturated heterocycles. The zero-order valence-electron chi connectivity index (χ0n) is 21.9. The molecule has 38 heavy (non-hydrogen) atoms. The number of nitrogens with two attached hydrogens (primary N) is 1. The molecular weight excluding hydrogens is 485 g/mol. The van der Waals surface area contributed by atoms with Gasteiger partial charge in [-0.25, -0.2) is 14.2 Å². The summed E-state index contributed by atoms with van der Waals surface area (Å²) in [5, 5.41) is 6.09. The van der Waals surface area contributed by atoms with Gasteiger partial charge in [0.15, 0.2) is 5.65 Å².